The molecule has 84 valence electrons. The lowest BCUT2D eigenvalue weighted by Crippen LogP contribution is -2.16. The fraction of sp³-hybridized carbons (Fsp3) is 0.500. The maximum Gasteiger partial charge on any atom is 0.255 e. The summed E-state index contributed by atoms with van der Waals surface area (Å²) < 4.78 is 27.3. The zero-order chi connectivity index (χ0) is 11.8. The maximum absolute atomic E-state index is 11.3. The Morgan fingerprint density at radius 2 is 2.00 bits per heavy atom. The molecule has 6 nitrogen and oxygen atoms in total. The van der Waals surface area contributed by atoms with Crippen molar-refractivity contribution in [1.29, 1.82) is 0 Å². The number of aromatic nitrogens is 1. The molecule has 0 aliphatic rings. The summed E-state index contributed by atoms with van der Waals surface area (Å²) >= 11 is 0. The Kier molecular flexibility index (Phi) is 2.85. The van der Waals surface area contributed by atoms with Crippen LogP contribution in [-0.2, 0) is 9.84 Å². The van der Waals surface area contributed by atoms with Gasteiger partial charge in [-0.2, -0.15) is 0 Å². The van der Waals surface area contributed by atoms with Gasteiger partial charge in [-0.15, -0.1) is 0 Å². The van der Waals surface area contributed by atoms with E-state index < -0.39 is 20.8 Å². The zero-order valence-corrected chi connectivity index (χ0v) is 9.46. The topological polar surface area (TPSA) is 103 Å². The average molecular weight is 232 g/mol. The van der Waals surface area contributed by atoms with Crippen LogP contribution in [-0.4, -0.2) is 25.7 Å². The van der Waals surface area contributed by atoms with Gasteiger partial charge in [0.1, 0.15) is 5.56 Å². The largest absolute Gasteiger partial charge is 0.365 e. The Labute approximate surface area is 87.3 Å². The summed E-state index contributed by atoms with van der Waals surface area (Å²) in [6.45, 7) is 3.50. The van der Waals surface area contributed by atoms with Crippen molar-refractivity contribution in [2.24, 2.45) is 5.73 Å². The number of amides is 1. The number of primary amides is 1. The van der Waals surface area contributed by atoms with Gasteiger partial charge in [0, 0.05) is 12.2 Å². The molecule has 1 aromatic heterocycles. The second kappa shape index (κ2) is 3.65. The third-order valence-electron chi connectivity index (χ3n) is 1.81. The minimum atomic E-state index is -3.60. The molecule has 0 atom stereocenters. The molecule has 1 aromatic rings. The van der Waals surface area contributed by atoms with Crippen LogP contribution in [0, 0.1) is 0 Å². The number of rotatable bonds is 3. The number of carbonyl (C=O) groups excluding carboxylic acids is 1. The van der Waals surface area contributed by atoms with Gasteiger partial charge < -0.3 is 10.3 Å². The SMILES string of the molecule is CC(C)c1onc(S(C)(=O)=O)c1C(N)=O. The van der Waals surface area contributed by atoms with Crippen molar-refractivity contribution in [3.8, 4) is 0 Å². The second-order valence-corrected chi connectivity index (χ2v) is 5.45. The van der Waals surface area contributed by atoms with Gasteiger partial charge in [-0.05, 0) is 0 Å². The molecule has 0 saturated heterocycles. The van der Waals surface area contributed by atoms with Crippen molar-refractivity contribution in [2.75, 3.05) is 6.26 Å². The van der Waals surface area contributed by atoms with Crippen LogP contribution in [0.5, 0.6) is 0 Å². The van der Waals surface area contributed by atoms with E-state index in [9.17, 15) is 13.2 Å². The highest BCUT2D eigenvalue weighted by atomic mass is 32.2. The van der Waals surface area contributed by atoms with E-state index >= 15 is 0 Å². The van der Waals surface area contributed by atoms with Crippen LogP contribution >= 0.6 is 0 Å². The maximum atomic E-state index is 11.3. The van der Waals surface area contributed by atoms with Gasteiger partial charge in [0.25, 0.3) is 5.91 Å². The lowest BCUT2D eigenvalue weighted by molar-refractivity contribution is 0.0995. The number of sulfone groups is 1. The Balaban J connectivity index is 3.51. The van der Waals surface area contributed by atoms with Crippen LogP contribution in [0.15, 0.2) is 9.55 Å². The molecule has 0 saturated carbocycles. The Hall–Kier alpha value is -1.37. The van der Waals surface area contributed by atoms with Gasteiger partial charge in [0.05, 0.1) is 0 Å². The first kappa shape index (κ1) is 11.7. The van der Waals surface area contributed by atoms with Crippen molar-refractivity contribution < 1.29 is 17.7 Å². The summed E-state index contributed by atoms with van der Waals surface area (Å²) in [4.78, 5) is 11.1. The zero-order valence-electron chi connectivity index (χ0n) is 8.64. The monoisotopic (exact) mass is 232 g/mol. The van der Waals surface area contributed by atoms with Crippen molar-refractivity contribution >= 4 is 15.7 Å². The highest BCUT2D eigenvalue weighted by Crippen LogP contribution is 2.24. The molecule has 0 aliphatic carbocycles. The van der Waals surface area contributed by atoms with Crippen LogP contribution in [0.2, 0.25) is 0 Å². The van der Waals surface area contributed by atoms with E-state index in [1.807, 2.05) is 0 Å². The van der Waals surface area contributed by atoms with E-state index in [1.54, 1.807) is 13.8 Å². The molecule has 0 fully saturated rings. The quantitative estimate of drug-likeness (QED) is 0.807. The Morgan fingerprint density at radius 1 is 1.47 bits per heavy atom. The summed E-state index contributed by atoms with van der Waals surface area (Å²) in [5.41, 5.74) is 4.95. The molecule has 0 spiro atoms. The molecule has 1 rings (SSSR count). The van der Waals surface area contributed by atoms with E-state index in [-0.39, 0.29) is 17.2 Å². The van der Waals surface area contributed by atoms with Crippen molar-refractivity contribution in [1.82, 2.24) is 5.16 Å². The van der Waals surface area contributed by atoms with E-state index in [0.29, 0.717) is 0 Å². The first-order chi connectivity index (χ1) is 6.75. The van der Waals surface area contributed by atoms with Crippen molar-refractivity contribution in [3.05, 3.63) is 11.3 Å². The molecule has 0 bridgehead atoms. The summed E-state index contributed by atoms with van der Waals surface area (Å²) in [7, 11) is -3.60. The van der Waals surface area contributed by atoms with E-state index in [2.05, 4.69) is 5.16 Å². The molecule has 1 heterocycles. The van der Waals surface area contributed by atoms with E-state index in [1.165, 1.54) is 0 Å². The minimum absolute atomic E-state index is 0.146. The number of hydrogen-bond acceptors (Lipinski definition) is 5. The fourth-order valence-electron chi connectivity index (χ4n) is 1.16. The van der Waals surface area contributed by atoms with Gasteiger partial charge in [0.2, 0.25) is 5.03 Å². The third-order valence-corrected chi connectivity index (χ3v) is 2.79. The summed E-state index contributed by atoms with van der Waals surface area (Å²) in [6, 6.07) is 0. The number of nitrogens with two attached hydrogens (primary N) is 1. The van der Waals surface area contributed by atoms with Crippen LogP contribution in [0.1, 0.15) is 35.9 Å². The van der Waals surface area contributed by atoms with E-state index in [4.69, 9.17) is 10.3 Å². The fourth-order valence-corrected chi connectivity index (χ4v) is 1.91. The normalized spacial score (nSPS) is 12.0. The smallest absolute Gasteiger partial charge is 0.255 e. The predicted octanol–water partition coefficient (Wildman–Crippen LogP) is 0.300. The molecule has 0 unspecified atom stereocenters. The van der Waals surface area contributed by atoms with Gasteiger partial charge in [-0.25, -0.2) is 8.42 Å². The second-order valence-electron chi connectivity index (χ2n) is 3.52. The van der Waals surface area contributed by atoms with Gasteiger partial charge >= 0.3 is 0 Å². The van der Waals surface area contributed by atoms with Crippen molar-refractivity contribution in [2.45, 2.75) is 24.8 Å². The van der Waals surface area contributed by atoms with Gasteiger partial charge in [-0.1, -0.05) is 19.0 Å². The molecule has 7 heteroatoms. The van der Waals surface area contributed by atoms with Crippen LogP contribution in [0.3, 0.4) is 0 Å². The molecular weight excluding hydrogens is 220 g/mol. The summed E-state index contributed by atoms with van der Waals surface area (Å²) in [6.07, 6.45) is 0.946. The highest BCUT2D eigenvalue weighted by Gasteiger charge is 2.28. The van der Waals surface area contributed by atoms with Gasteiger partial charge in [0.15, 0.2) is 15.6 Å². The highest BCUT2D eigenvalue weighted by molar-refractivity contribution is 7.90. The Morgan fingerprint density at radius 3 is 2.33 bits per heavy atom. The molecule has 2 N–H and O–H groups in total. The minimum Gasteiger partial charge on any atom is -0.365 e. The average Bonchev–Trinajstić information content (AvgIpc) is 2.45. The van der Waals surface area contributed by atoms with Gasteiger partial charge in [-0.3, -0.25) is 4.79 Å². The van der Waals surface area contributed by atoms with Crippen LogP contribution in [0.25, 0.3) is 0 Å². The summed E-state index contributed by atoms with van der Waals surface area (Å²) in [5.74, 6) is -0.807. The standard InChI is InChI=1S/C8H12N2O4S/c1-4(2)6-5(7(9)11)8(10-14-6)15(3,12)13/h4H,1-3H3,(H2,9,11). The number of hydrogen-bond donors (Lipinski definition) is 1. The molecule has 0 aliphatic heterocycles. The lowest BCUT2D eigenvalue weighted by atomic mass is 10.1. The summed E-state index contributed by atoms with van der Waals surface area (Å²) in [5, 5.41) is 2.98. The molecule has 1 amide bonds. The third kappa shape index (κ3) is 2.17. The molecule has 0 radical (unpaired) electrons. The number of carbonyl (C=O) groups is 1. The lowest BCUT2D eigenvalue weighted by Gasteiger charge is -2.00. The first-order valence-electron chi connectivity index (χ1n) is 4.24. The molecule has 15 heavy (non-hydrogen) atoms. The Bertz CT molecular complexity index is 487. The predicted molar refractivity (Wildman–Crippen MR) is 52.2 cm³/mol. The van der Waals surface area contributed by atoms with Crippen LogP contribution in [0.4, 0.5) is 0 Å². The van der Waals surface area contributed by atoms with Crippen LogP contribution < -0.4 is 5.73 Å². The molecule has 0 aromatic carbocycles. The van der Waals surface area contributed by atoms with Crippen molar-refractivity contribution in [3.63, 3.8) is 0 Å². The molecular formula is C8H12N2O4S. The van der Waals surface area contributed by atoms with E-state index in [0.717, 1.165) is 6.26 Å². The first-order valence-corrected chi connectivity index (χ1v) is 6.13. The number of nitrogens with zero attached hydrogens (tertiary/aromatic N) is 1.